The molecule has 0 aliphatic heterocycles. The Morgan fingerprint density at radius 2 is 2.15 bits per heavy atom. The number of aromatic nitrogens is 1. The summed E-state index contributed by atoms with van der Waals surface area (Å²) >= 11 is 5.43. The molecule has 0 saturated carbocycles. The standard InChI is InChI=1S/C7H6ClF3N2/c8-6-3(1-12)5(9)4(2-13-6)7(10)11/h2,7H,1,12H2. The minimum atomic E-state index is -2.91. The molecule has 0 fully saturated rings. The van der Waals surface area contributed by atoms with Crippen LogP contribution in [0.2, 0.25) is 5.15 Å². The van der Waals surface area contributed by atoms with Gasteiger partial charge in [-0.05, 0) is 0 Å². The van der Waals surface area contributed by atoms with Gasteiger partial charge in [0, 0.05) is 18.3 Å². The van der Waals surface area contributed by atoms with Gasteiger partial charge in [-0.2, -0.15) is 0 Å². The average molecular weight is 211 g/mol. The lowest BCUT2D eigenvalue weighted by Crippen LogP contribution is -2.05. The summed E-state index contributed by atoms with van der Waals surface area (Å²) in [6, 6.07) is 0. The zero-order chi connectivity index (χ0) is 10.0. The molecule has 0 aliphatic carbocycles. The summed E-state index contributed by atoms with van der Waals surface area (Å²) in [7, 11) is 0. The van der Waals surface area contributed by atoms with Crippen LogP contribution in [0.1, 0.15) is 17.6 Å². The van der Waals surface area contributed by atoms with E-state index in [2.05, 4.69) is 4.98 Å². The third kappa shape index (κ3) is 1.92. The van der Waals surface area contributed by atoms with E-state index in [1.54, 1.807) is 0 Å². The summed E-state index contributed by atoms with van der Waals surface area (Å²) in [6.45, 7) is -0.252. The summed E-state index contributed by atoms with van der Waals surface area (Å²) in [5.41, 5.74) is 4.16. The quantitative estimate of drug-likeness (QED) is 0.761. The molecule has 1 heterocycles. The lowest BCUT2D eigenvalue weighted by Gasteiger charge is -2.06. The predicted octanol–water partition coefficient (Wildman–Crippen LogP) is 2.27. The molecule has 1 aromatic rings. The summed E-state index contributed by atoms with van der Waals surface area (Å²) in [4.78, 5) is 3.40. The highest BCUT2D eigenvalue weighted by molar-refractivity contribution is 6.30. The largest absolute Gasteiger partial charge is 0.326 e. The van der Waals surface area contributed by atoms with Crippen molar-refractivity contribution in [3.8, 4) is 0 Å². The number of rotatable bonds is 2. The smallest absolute Gasteiger partial charge is 0.268 e. The molecule has 6 heteroatoms. The van der Waals surface area contributed by atoms with E-state index >= 15 is 0 Å². The van der Waals surface area contributed by atoms with Crippen molar-refractivity contribution in [3.05, 3.63) is 28.3 Å². The van der Waals surface area contributed by atoms with Crippen molar-refractivity contribution < 1.29 is 13.2 Å². The number of hydrogen-bond acceptors (Lipinski definition) is 2. The van der Waals surface area contributed by atoms with Gasteiger partial charge in [-0.3, -0.25) is 0 Å². The Balaban J connectivity index is 3.27. The van der Waals surface area contributed by atoms with Gasteiger partial charge in [-0.25, -0.2) is 18.2 Å². The zero-order valence-electron chi connectivity index (χ0n) is 6.40. The molecule has 0 aromatic carbocycles. The van der Waals surface area contributed by atoms with Gasteiger partial charge >= 0.3 is 0 Å². The zero-order valence-corrected chi connectivity index (χ0v) is 7.15. The monoisotopic (exact) mass is 210 g/mol. The van der Waals surface area contributed by atoms with E-state index in [4.69, 9.17) is 17.3 Å². The van der Waals surface area contributed by atoms with Crippen molar-refractivity contribution in [1.82, 2.24) is 4.98 Å². The molecule has 1 aromatic heterocycles. The molecule has 0 unspecified atom stereocenters. The van der Waals surface area contributed by atoms with Gasteiger partial charge < -0.3 is 5.73 Å². The number of alkyl halides is 2. The molecule has 2 N–H and O–H groups in total. The van der Waals surface area contributed by atoms with Gasteiger partial charge in [0.15, 0.2) is 0 Å². The number of nitrogens with zero attached hydrogens (tertiary/aromatic N) is 1. The summed E-state index contributed by atoms with van der Waals surface area (Å²) in [5, 5.41) is -0.176. The summed E-state index contributed by atoms with van der Waals surface area (Å²) in [5.74, 6) is -1.07. The molecule has 0 radical (unpaired) electrons. The first-order chi connectivity index (χ1) is 6.07. The summed E-state index contributed by atoms with van der Waals surface area (Å²) in [6.07, 6.45) is -2.20. The van der Waals surface area contributed by atoms with E-state index in [0.717, 1.165) is 0 Å². The molecule has 2 nitrogen and oxygen atoms in total. The Bertz CT molecular complexity index is 317. The second kappa shape index (κ2) is 3.93. The lowest BCUT2D eigenvalue weighted by atomic mass is 10.2. The van der Waals surface area contributed by atoms with E-state index < -0.39 is 17.8 Å². The van der Waals surface area contributed by atoms with Gasteiger partial charge in [-0.15, -0.1) is 0 Å². The normalized spacial score (nSPS) is 10.9. The highest BCUT2D eigenvalue weighted by Crippen LogP contribution is 2.26. The third-order valence-electron chi connectivity index (χ3n) is 1.52. The van der Waals surface area contributed by atoms with Crippen LogP contribution >= 0.6 is 11.6 Å². The van der Waals surface area contributed by atoms with E-state index in [9.17, 15) is 13.2 Å². The van der Waals surface area contributed by atoms with Crippen molar-refractivity contribution in [2.75, 3.05) is 0 Å². The molecule has 0 saturated heterocycles. The molecular formula is C7H6ClF3N2. The van der Waals surface area contributed by atoms with E-state index in [1.807, 2.05) is 0 Å². The van der Waals surface area contributed by atoms with Crippen LogP contribution in [0.5, 0.6) is 0 Å². The van der Waals surface area contributed by atoms with Gasteiger partial charge in [0.1, 0.15) is 11.0 Å². The van der Waals surface area contributed by atoms with Crippen LogP contribution in [-0.2, 0) is 6.54 Å². The van der Waals surface area contributed by atoms with E-state index in [1.165, 1.54) is 0 Å². The predicted molar refractivity (Wildman–Crippen MR) is 42.1 cm³/mol. The van der Waals surface area contributed by atoms with Crippen LogP contribution in [0.3, 0.4) is 0 Å². The van der Waals surface area contributed by atoms with Gasteiger partial charge in [-0.1, -0.05) is 11.6 Å². The molecule has 0 spiro atoms. The maximum atomic E-state index is 13.1. The molecule has 72 valence electrons. The van der Waals surface area contributed by atoms with Gasteiger partial charge in [0.05, 0.1) is 5.56 Å². The average Bonchev–Trinajstić information content (AvgIpc) is 2.04. The Morgan fingerprint density at radius 1 is 1.54 bits per heavy atom. The van der Waals surface area contributed by atoms with Crippen molar-refractivity contribution in [1.29, 1.82) is 0 Å². The van der Waals surface area contributed by atoms with E-state index in [-0.39, 0.29) is 17.3 Å². The Hall–Kier alpha value is -0.810. The van der Waals surface area contributed by atoms with Crippen molar-refractivity contribution in [3.63, 3.8) is 0 Å². The molecule has 0 atom stereocenters. The fourth-order valence-electron chi connectivity index (χ4n) is 0.852. The van der Waals surface area contributed by atoms with Crippen LogP contribution in [0.25, 0.3) is 0 Å². The Morgan fingerprint density at radius 3 is 2.62 bits per heavy atom. The minimum absolute atomic E-state index is 0.176. The second-order valence-electron chi connectivity index (χ2n) is 2.30. The van der Waals surface area contributed by atoms with Crippen LogP contribution in [0.15, 0.2) is 6.20 Å². The lowest BCUT2D eigenvalue weighted by molar-refractivity contribution is 0.145. The van der Waals surface area contributed by atoms with Crippen molar-refractivity contribution >= 4 is 11.6 Å². The second-order valence-corrected chi connectivity index (χ2v) is 2.66. The third-order valence-corrected chi connectivity index (χ3v) is 1.85. The number of nitrogens with two attached hydrogens (primary N) is 1. The van der Waals surface area contributed by atoms with Gasteiger partial charge in [0.25, 0.3) is 6.43 Å². The van der Waals surface area contributed by atoms with Crippen LogP contribution in [0.4, 0.5) is 13.2 Å². The molecule has 0 amide bonds. The first-order valence-electron chi connectivity index (χ1n) is 3.39. The van der Waals surface area contributed by atoms with Crippen LogP contribution in [0, 0.1) is 5.82 Å². The molecule has 0 aliphatic rings. The van der Waals surface area contributed by atoms with E-state index in [0.29, 0.717) is 6.20 Å². The van der Waals surface area contributed by atoms with Crippen molar-refractivity contribution in [2.45, 2.75) is 13.0 Å². The Kier molecular flexibility index (Phi) is 3.11. The highest BCUT2D eigenvalue weighted by Gasteiger charge is 2.18. The number of halogens is 4. The fourth-order valence-corrected chi connectivity index (χ4v) is 1.06. The first kappa shape index (κ1) is 10.3. The molecule has 0 bridgehead atoms. The summed E-state index contributed by atoms with van der Waals surface area (Å²) < 4.78 is 37.3. The SMILES string of the molecule is NCc1c(Cl)ncc(C(F)F)c1F. The number of pyridine rings is 1. The first-order valence-corrected chi connectivity index (χ1v) is 3.76. The fraction of sp³-hybridized carbons (Fsp3) is 0.286. The van der Waals surface area contributed by atoms with Crippen molar-refractivity contribution in [2.24, 2.45) is 5.73 Å². The Labute approximate surface area is 77.5 Å². The highest BCUT2D eigenvalue weighted by atomic mass is 35.5. The molecule has 1 rings (SSSR count). The van der Waals surface area contributed by atoms with Crippen LogP contribution < -0.4 is 5.73 Å². The maximum Gasteiger partial charge on any atom is 0.268 e. The topological polar surface area (TPSA) is 38.9 Å². The van der Waals surface area contributed by atoms with Gasteiger partial charge in [0.2, 0.25) is 0 Å². The minimum Gasteiger partial charge on any atom is -0.326 e. The number of hydrogen-bond donors (Lipinski definition) is 1. The molecule has 13 heavy (non-hydrogen) atoms. The molecular weight excluding hydrogens is 205 g/mol. The maximum absolute atomic E-state index is 13.1. The van der Waals surface area contributed by atoms with Crippen LogP contribution in [-0.4, -0.2) is 4.98 Å².